The van der Waals surface area contributed by atoms with Gasteiger partial charge in [0.05, 0.1) is 6.10 Å². The molecular formula is C14H21ClN2O2. The van der Waals surface area contributed by atoms with Gasteiger partial charge in [-0.3, -0.25) is 4.79 Å². The van der Waals surface area contributed by atoms with Crippen molar-refractivity contribution in [2.45, 2.75) is 52.2 Å². The first-order valence-electron chi connectivity index (χ1n) is 6.46. The first-order valence-corrected chi connectivity index (χ1v) is 6.83. The molecule has 0 aromatic carbocycles. The Morgan fingerprint density at radius 2 is 2.00 bits per heavy atom. The highest BCUT2D eigenvalue weighted by Gasteiger charge is 2.14. The molecule has 0 aliphatic rings. The predicted molar refractivity (Wildman–Crippen MR) is 76.6 cm³/mol. The maximum absolute atomic E-state index is 12.1. The zero-order chi connectivity index (χ0) is 14.6. The third-order valence-electron chi connectivity index (χ3n) is 2.74. The predicted octanol–water partition coefficient (Wildman–Crippen LogP) is 2.75. The van der Waals surface area contributed by atoms with E-state index in [4.69, 9.17) is 11.6 Å². The summed E-state index contributed by atoms with van der Waals surface area (Å²) in [5, 5.41) is 12.4. The molecule has 1 aromatic heterocycles. The zero-order valence-corrected chi connectivity index (χ0v) is 12.5. The molecule has 5 heteroatoms. The highest BCUT2D eigenvalue weighted by atomic mass is 35.5. The van der Waals surface area contributed by atoms with Gasteiger partial charge in [-0.05, 0) is 38.3 Å². The number of nitrogens with one attached hydrogen (secondary N) is 1. The van der Waals surface area contributed by atoms with Crippen LogP contribution >= 0.6 is 11.6 Å². The van der Waals surface area contributed by atoms with Gasteiger partial charge < -0.3 is 10.4 Å². The molecule has 2 unspecified atom stereocenters. The molecule has 2 N–H and O–H groups in total. The Labute approximate surface area is 119 Å². The minimum atomic E-state index is -0.442. The van der Waals surface area contributed by atoms with Crippen LogP contribution in [-0.4, -0.2) is 28.1 Å². The summed E-state index contributed by atoms with van der Waals surface area (Å²) >= 11 is 5.93. The molecule has 0 bridgehead atoms. The van der Waals surface area contributed by atoms with Gasteiger partial charge >= 0.3 is 0 Å². The number of aromatic nitrogens is 1. The van der Waals surface area contributed by atoms with Crippen LogP contribution in [0.4, 0.5) is 0 Å². The first kappa shape index (κ1) is 15.9. The van der Waals surface area contributed by atoms with Gasteiger partial charge in [0.15, 0.2) is 0 Å². The molecule has 19 heavy (non-hydrogen) atoms. The van der Waals surface area contributed by atoms with Gasteiger partial charge in [0.25, 0.3) is 5.91 Å². The Morgan fingerprint density at radius 1 is 1.37 bits per heavy atom. The molecule has 0 aliphatic heterocycles. The van der Waals surface area contributed by atoms with E-state index in [1.165, 1.54) is 0 Å². The molecule has 1 amide bonds. The zero-order valence-electron chi connectivity index (χ0n) is 11.8. The SMILES string of the molecule is CC(O)CC(C)NC(=O)c1cc(Cl)nc(C(C)C)c1. The average molecular weight is 285 g/mol. The summed E-state index contributed by atoms with van der Waals surface area (Å²) in [5.74, 6) is 0.0134. The monoisotopic (exact) mass is 284 g/mol. The summed E-state index contributed by atoms with van der Waals surface area (Å²) in [6, 6.07) is 3.21. The van der Waals surface area contributed by atoms with E-state index in [9.17, 15) is 9.90 Å². The van der Waals surface area contributed by atoms with Crippen LogP contribution in [0.1, 0.15) is 56.1 Å². The van der Waals surface area contributed by atoms with Crippen molar-refractivity contribution in [2.24, 2.45) is 0 Å². The third-order valence-corrected chi connectivity index (χ3v) is 2.93. The minimum Gasteiger partial charge on any atom is -0.393 e. The van der Waals surface area contributed by atoms with Crippen molar-refractivity contribution in [3.8, 4) is 0 Å². The van der Waals surface area contributed by atoms with Crippen LogP contribution in [0.25, 0.3) is 0 Å². The highest BCUT2D eigenvalue weighted by Crippen LogP contribution is 2.17. The van der Waals surface area contributed by atoms with Crippen molar-refractivity contribution in [1.29, 1.82) is 0 Å². The number of hydrogen-bond donors (Lipinski definition) is 2. The number of carbonyl (C=O) groups excluding carboxylic acids is 1. The lowest BCUT2D eigenvalue weighted by Gasteiger charge is -2.16. The molecule has 2 atom stereocenters. The number of nitrogens with zero attached hydrogens (tertiary/aromatic N) is 1. The molecule has 0 fully saturated rings. The van der Waals surface area contributed by atoms with Gasteiger partial charge in [-0.25, -0.2) is 4.98 Å². The fraction of sp³-hybridized carbons (Fsp3) is 0.571. The van der Waals surface area contributed by atoms with E-state index in [2.05, 4.69) is 10.3 Å². The maximum Gasteiger partial charge on any atom is 0.251 e. The number of halogens is 1. The average Bonchev–Trinajstić information content (AvgIpc) is 2.26. The fourth-order valence-electron chi connectivity index (χ4n) is 1.82. The van der Waals surface area contributed by atoms with E-state index < -0.39 is 6.10 Å². The normalized spacial score (nSPS) is 14.3. The Balaban J connectivity index is 2.82. The van der Waals surface area contributed by atoms with Crippen molar-refractivity contribution < 1.29 is 9.90 Å². The molecule has 1 aromatic rings. The Hall–Kier alpha value is -1.13. The number of pyridine rings is 1. The molecule has 0 saturated heterocycles. The third kappa shape index (κ3) is 5.17. The smallest absolute Gasteiger partial charge is 0.251 e. The van der Waals surface area contributed by atoms with Crippen LogP contribution in [-0.2, 0) is 0 Å². The lowest BCUT2D eigenvalue weighted by molar-refractivity contribution is 0.0923. The van der Waals surface area contributed by atoms with Crippen molar-refractivity contribution in [3.05, 3.63) is 28.5 Å². The van der Waals surface area contributed by atoms with Gasteiger partial charge in [0.2, 0.25) is 0 Å². The number of carbonyl (C=O) groups is 1. The summed E-state index contributed by atoms with van der Waals surface area (Å²) in [6.45, 7) is 7.55. The topological polar surface area (TPSA) is 62.2 Å². The van der Waals surface area contributed by atoms with Gasteiger partial charge in [0.1, 0.15) is 5.15 Å². The van der Waals surface area contributed by atoms with Crippen LogP contribution in [0.15, 0.2) is 12.1 Å². The summed E-state index contributed by atoms with van der Waals surface area (Å²) in [6.07, 6.45) is 0.0734. The van der Waals surface area contributed by atoms with E-state index in [0.717, 1.165) is 5.69 Å². The molecule has 0 spiro atoms. The van der Waals surface area contributed by atoms with E-state index in [1.807, 2.05) is 20.8 Å². The van der Waals surface area contributed by atoms with Gasteiger partial charge in [-0.15, -0.1) is 0 Å². The number of aliphatic hydroxyl groups is 1. The highest BCUT2D eigenvalue weighted by molar-refractivity contribution is 6.29. The lowest BCUT2D eigenvalue weighted by Crippen LogP contribution is -2.34. The number of aliphatic hydroxyl groups excluding tert-OH is 1. The van der Waals surface area contributed by atoms with Crippen molar-refractivity contribution in [2.75, 3.05) is 0 Å². The summed E-state index contributed by atoms with van der Waals surface area (Å²) in [4.78, 5) is 16.3. The molecule has 0 radical (unpaired) electrons. The largest absolute Gasteiger partial charge is 0.393 e. The molecule has 0 saturated carbocycles. The van der Waals surface area contributed by atoms with Gasteiger partial charge in [-0.2, -0.15) is 0 Å². The molecule has 4 nitrogen and oxygen atoms in total. The molecule has 106 valence electrons. The summed E-state index contributed by atoms with van der Waals surface area (Å²) < 4.78 is 0. The molecular weight excluding hydrogens is 264 g/mol. The van der Waals surface area contributed by atoms with Crippen LogP contribution in [0, 0.1) is 0 Å². The fourth-order valence-corrected chi connectivity index (χ4v) is 2.04. The Bertz CT molecular complexity index is 447. The van der Waals surface area contributed by atoms with Crippen molar-refractivity contribution >= 4 is 17.5 Å². The summed E-state index contributed by atoms with van der Waals surface area (Å²) in [7, 11) is 0. The van der Waals surface area contributed by atoms with Crippen LogP contribution in [0.5, 0.6) is 0 Å². The number of rotatable bonds is 5. The molecule has 1 heterocycles. The lowest BCUT2D eigenvalue weighted by atomic mass is 10.1. The van der Waals surface area contributed by atoms with E-state index in [1.54, 1.807) is 19.1 Å². The first-order chi connectivity index (χ1) is 8.79. The Morgan fingerprint density at radius 3 is 2.53 bits per heavy atom. The van der Waals surface area contributed by atoms with E-state index in [0.29, 0.717) is 17.1 Å². The van der Waals surface area contributed by atoms with Crippen molar-refractivity contribution in [1.82, 2.24) is 10.3 Å². The second-order valence-corrected chi connectivity index (χ2v) is 5.60. The van der Waals surface area contributed by atoms with E-state index in [-0.39, 0.29) is 17.9 Å². The maximum atomic E-state index is 12.1. The van der Waals surface area contributed by atoms with E-state index >= 15 is 0 Å². The second-order valence-electron chi connectivity index (χ2n) is 5.22. The minimum absolute atomic E-state index is 0.0954. The standard InChI is InChI=1S/C14H21ClN2O2/c1-8(2)12-6-11(7-13(15)17-12)14(19)16-9(3)5-10(4)18/h6-10,18H,5H2,1-4H3,(H,16,19). The molecule has 1 rings (SSSR count). The Kier molecular flexibility index (Phi) is 5.76. The number of hydrogen-bond acceptors (Lipinski definition) is 3. The quantitative estimate of drug-likeness (QED) is 0.817. The van der Waals surface area contributed by atoms with Crippen LogP contribution < -0.4 is 5.32 Å². The van der Waals surface area contributed by atoms with Gasteiger partial charge in [-0.1, -0.05) is 25.4 Å². The molecule has 0 aliphatic carbocycles. The second kappa shape index (κ2) is 6.87. The van der Waals surface area contributed by atoms with Crippen LogP contribution in [0.3, 0.4) is 0 Å². The van der Waals surface area contributed by atoms with Crippen LogP contribution in [0.2, 0.25) is 5.15 Å². The summed E-state index contributed by atoms with van der Waals surface area (Å²) in [5.41, 5.74) is 1.29. The van der Waals surface area contributed by atoms with Crippen molar-refractivity contribution in [3.63, 3.8) is 0 Å². The van der Waals surface area contributed by atoms with Gasteiger partial charge in [0, 0.05) is 17.3 Å². The number of amides is 1.